The van der Waals surface area contributed by atoms with Gasteiger partial charge in [-0.15, -0.1) is 0 Å². The first-order valence-electron chi connectivity index (χ1n) is 4.18. The van der Waals surface area contributed by atoms with Gasteiger partial charge in [0.25, 0.3) is 0 Å². The van der Waals surface area contributed by atoms with Crippen molar-refractivity contribution in [2.24, 2.45) is 0 Å². The van der Waals surface area contributed by atoms with Gasteiger partial charge in [-0.3, -0.25) is 4.79 Å². The highest BCUT2D eigenvalue weighted by Crippen LogP contribution is 1.92. The Bertz CT molecular complexity index is 139. The predicted molar refractivity (Wildman–Crippen MR) is 47.9 cm³/mol. The molecule has 4 nitrogen and oxygen atoms in total. The van der Waals surface area contributed by atoms with E-state index in [1.54, 1.807) is 19.0 Å². The number of hydrogen-bond donors (Lipinski definition) is 2. The molecule has 0 aromatic rings. The minimum absolute atomic E-state index is 0.0603. The summed E-state index contributed by atoms with van der Waals surface area (Å²) in [5, 5.41) is 12.1. The fourth-order valence-electron chi connectivity index (χ4n) is 0.988. The summed E-state index contributed by atoms with van der Waals surface area (Å²) in [6, 6.07) is 0. The lowest BCUT2D eigenvalue weighted by molar-refractivity contribution is -0.130. The smallest absolute Gasteiger partial charge is 0.222 e. The largest absolute Gasteiger partial charge is 0.390 e. The zero-order valence-corrected chi connectivity index (χ0v) is 8.00. The third-order valence-electron chi connectivity index (χ3n) is 1.65. The van der Waals surface area contributed by atoms with Gasteiger partial charge in [-0.05, 0) is 7.05 Å². The third kappa shape index (κ3) is 4.31. The van der Waals surface area contributed by atoms with Crippen LogP contribution in [0.2, 0.25) is 0 Å². The monoisotopic (exact) mass is 174 g/mol. The molecule has 0 aromatic heterocycles. The van der Waals surface area contributed by atoms with Crippen LogP contribution in [0.5, 0.6) is 0 Å². The van der Waals surface area contributed by atoms with Crippen LogP contribution < -0.4 is 5.32 Å². The Morgan fingerprint density at radius 1 is 1.67 bits per heavy atom. The number of aliphatic hydroxyl groups excluding tert-OH is 1. The summed E-state index contributed by atoms with van der Waals surface area (Å²) in [5.74, 6) is 0.0603. The molecule has 0 fully saturated rings. The SMILES string of the molecule is CCC(=O)N(C)C[C@@H](O)CNC. The minimum Gasteiger partial charge on any atom is -0.390 e. The molecule has 0 saturated carbocycles. The topological polar surface area (TPSA) is 52.6 Å². The van der Waals surface area contributed by atoms with Crippen molar-refractivity contribution in [2.45, 2.75) is 19.4 Å². The van der Waals surface area contributed by atoms with E-state index in [0.717, 1.165) is 0 Å². The molecule has 0 aromatic carbocycles. The highest BCUT2D eigenvalue weighted by molar-refractivity contribution is 5.75. The lowest BCUT2D eigenvalue weighted by Gasteiger charge is -2.19. The van der Waals surface area contributed by atoms with Crippen molar-refractivity contribution in [3.05, 3.63) is 0 Å². The summed E-state index contributed by atoms with van der Waals surface area (Å²) >= 11 is 0. The van der Waals surface area contributed by atoms with E-state index in [4.69, 9.17) is 0 Å². The maximum absolute atomic E-state index is 11.0. The van der Waals surface area contributed by atoms with Crippen molar-refractivity contribution >= 4 is 5.91 Å². The van der Waals surface area contributed by atoms with Crippen molar-refractivity contribution in [1.82, 2.24) is 10.2 Å². The van der Waals surface area contributed by atoms with Crippen LogP contribution in [0, 0.1) is 0 Å². The van der Waals surface area contributed by atoms with Gasteiger partial charge in [0, 0.05) is 26.6 Å². The Morgan fingerprint density at radius 3 is 2.67 bits per heavy atom. The lowest BCUT2D eigenvalue weighted by Crippen LogP contribution is -2.38. The van der Waals surface area contributed by atoms with E-state index in [1.165, 1.54) is 0 Å². The van der Waals surface area contributed by atoms with E-state index in [-0.39, 0.29) is 5.91 Å². The second kappa shape index (κ2) is 5.97. The molecule has 0 saturated heterocycles. The highest BCUT2D eigenvalue weighted by atomic mass is 16.3. The summed E-state index contributed by atoms with van der Waals surface area (Å²) in [6.45, 7) is 2.72. The van der Waals surface area contributed by atoms with E-state index >= 15 is 0 Å². The number of rotatable bonds is 5. The number of hydrogen-bond acceptors (Lipinski definition) is 3. The standard InChI is InChI=1S/C8H18N2O2/c1-4-8(12)10(3)6-7(11)5-9-2/h7,9,11H,4-6H2,1-3H3/t7-/m0/s1. The summed E-state index contributed by atoms with van der Waals surface area (Å²) in [6.07, 6.45) is 0.0125. The van der Waals surface area contributed by atoms with E-state index in [2.05, 4.69) is 5.32 Å². The Kier molecular flexibility index (Phi) is 5.66. The first-order valence-corrected chi connectivity index (χ1v) is 4.18. The second-order valence-corrected chi connectivity index (χ2v) is 2.84. The molecule has 0 bridgehead atoms. The van der Waals surface area contributed by atoms with Crippen LogP contribution in [-0.4, -0.2) is 49.2 Å². The number of aliphatic hydroxyl groups is 1. The first kappa shape index (κ1) is 11.4. The van der Waals surface area contributed by atoms with Gasteiger partial charge < -0.3 is 15.3 Å². The number of amides is 1. The number of nitrogens with one attached hydrogen (secondary N) is 1. The maximum Gasteiger partial charge on any atom is 0.222 e. The molecule has 0 aliphatic rings. The van der Waals surface area contributed by atoms with Gasteiger partial charge in [0.1, 0.15) is 0 Å². The summed E-state index contributed by atoms with van der Waals surface area (Å²) in [7, 11) is 3.47. The van der Waals surface area contributed by atoms with Crippen molar-refractivity contribution in [1.29, 1.82) is 0 Å². The number of likely N-dealkylation sites (N-methyl/N-ethyl adjacent to an activating group) is 2. The minimum atomic E-state index is -0.476. The van der Waals surface area contributed by atoms with Gasteiger partial charge in [-0.2, -0.15) is 0 Å². The Hall–Kier alpha value is -0.610. The normalized spacial score (nSPS) is 12.7. The van der Waals surface area contributed by atoms with Crippen LogP contribution >= 0.6 is 0 Å². The quantitative estimate of drug-likeness (QED) is 0.587. The zero-order valence-electron chi connectivity index (χ0n) is 8.00. The van der Waals surface area contributed by atoms with Crippen LogP contribution in [0.15, 0.2) is 0 Å². The average Bonchev–Trinajstić information content (AvgIpc) is 2.03. The van der Waals surface area contributed by atoms with E-state index in [9.17, 15) is 9.90 Å². The van der Waals surface area contributed by atoms with E-state index in [0.29, 0.717) is 19.5 Å². The number of carbonyl (C=O) groups is 1. The average molecular weight is 174 g/mol. The molecule has 12 heavy (non-hydrogen) atoms. The Morgan fingerprint density at radius 2 is 2.25 bits per heavy atom. The predicted octanol–water partition coefficient (Wildman–Crippen LogP) is -0.565. The molecule has 1 atom stereocenters. The molecule has 0 rings (SSSR count). The van der Waals surface area contributed by atoms with Crippen molar-refractivity contribution in [3.8, 4) is 0 Å². The van der Waals surface area contributed by atoms with Gasteiger partial charge in [0.2, 0.25) is 5.91 Å². The lowest BCUT2D eigenvalue weighted by atomic mass is 10.3. The highest BCUT2D eigenvalue weighted by Gasteiger charge is 2.10. The Balaban J connectivity index is 3.67. The van der Waals surface area contributed by atoms with Crippen molar-refractivity contribution in [2.75, 3.05) is 27.2 Å². The molecule has 0 heterocycles. The fraction of sp³-hybridized carbons (Fsp3) is 0.875. The van der Waals surface area contributed by atoms with Gasteiger partial charge >= 0.3 is 0 Å². The fourth-order valence-corrected chi connectivity index (χ4v) is 0.988. The van der Waals surface area contributed by atoms with Crippen LogP contribution in [0.3, 0.4) is 0 Å². The molecule has 0 radical (unpaired) electrons. The molecule has 72 valence electrons. The van der Waals surface area contributed by atoms with E-state index in [1.807, 2.05) is 6.92 Å². The van der Waals surface area contributed by atoms with Crippen LogP contribution in [-0.2, 0) is 4.79 Å². The van der Waals surface area contributed by atoms with E-state index < -0.39 is 6.10 Å². The third-order valence-corrected chi connectivity index (χ3v) is 1.65. The van der Waals surface area contributed by atoms with Crippen molar-refractivity contribution < 1.29 is 9.90 Å². The zero-order chi connectivity index (χ0) is 9.56. The summed E-state index contributed by atoms with van der Waals surface area (Å²) < 4.78 is 0. The van der Waals surface area contributed by atoms with Crippen LogP contribution in [0.25, 0.3) is 0 Å². The molecule has 1 amide bonds. The van der Waals surface area contributed by atoms with Gasteiger partial charge in [0.05, 0.1) is 6.10 Å². The molecule has 2 N–H and O–H groups in total. The Labute approximate surface area is 73.6 Å². The molecule has 0 spiro atoms. The van der Waals surface area contributed by atoms with Gasteiger partial charge in [-0.1, -0.05) is 6.92 Å². The molecule has 0 aliphatic heterocycles. The van der Waals surface area contributed by atoms with Gasteiger partial charge in [0.15, 0.2) is 0 Å². The number of carbonyl (C=O) groups excluding carboxylic acids is 1. The first-order chi connectivity index (χ1) is 5.61. The molecule has 0 aliphatic carbocycles. The molecule has 0 unspecified atom stereocenters. The second-order valence-electron chi connectivity index (χ2n) is 2.84. The van der Waals surface area contributed by atoms with Gasteiger partial charge in [-0.25, -0.2) is 0 Å². The molecular formula is C8H18N2O2. The summed E-state index contributed by atoms with van der Waals surface area (Å²) in [4.78, 5) is 12.6. The van der Waals surface area contributed by atoms with Crippen LogP contribution in [0.1, 0.15) is 13.3 Å². The molecule has 4 heteroatoms. The maximum atomic E-state index is 11.0. The molecular weight excluding hydrogens is 156 g/mol. The van der Waals surface area contributed by atoms with Crippen molar-refractivity contribution in [3.63, 3.8) is 0 Å². The summed E-state index contributed by atoms with van der Waals surface area (Å²) in [5.41, 5.74) is 0. The number of nitrogens with zero attached hydrogens (tertiary/aromatic N) is 1. The van der Waals surface area contributed by atoms with Crippen LogP contribution in [0.4, 0.5) is 0 Å².